The number of allylic oxidation sites excluding steroid dienone is 5. The third-order valence-electron chi connectivity index (χ3n) is 4.12. The van der Waals surface area contributed by atoms with E-state index < -0.39 is 0 Å². The van der Waals surface area contributed by atoms with Crippen LogP contribution in [0.15, 0.2) is 73.0 Å². The first-order valence-electron chi connectivity index (χ1n) is 10.2. The minimum Gasteiger partial charge on any atom is -0.392 e. The first-order chi connectivity index (χ1) is 15.5. The lowest BCUT2D eigenvalue weighted by molar-refractivity contribution is 0.112. The Morgan fingerprint density at radius 2 is 1.91 bits per heavy atom. The Balaban J connectivity index is 0.000000239. The number of hydrogen-bond donors (Lipinski definition) is 2. The van der Waals surface area contributed by atoms with Crippen molar-refractivity contribution >= 4 is 38.7 Å². The van der Waals surface area contributed by atoms with Crippen molar-refractivity contribution in [2.24, 2.45) is 0 Å². The van der Waals surface area contributed by atoms with Gasteiger partial charge >= 0.3 is 0 Å². The molecule has 1 aromatic carbocycles. The summed E-state index contributed by atoms with van der Waals surface area (Å²) in [5.74, 6) is -0.324. The highest BCUT2D eigenvalue weighted by Crippen LogP contribution is 2.32. The fraction of sp³-hybridized carbons (Fsp3) is 0.208. The van der Waals surface area contributed by atoms with Gasteiger partial charge in [-0.2, -0.15) is 5.10 Å². The second kappa shape index (κ2) is 12.4. The molecule has 0 bridgehead atoms. The largest absolute Gasteiger partial charge is 0.392 e. The molecule has 0 saturated heterocycles. The minimum absolute atomic E-state index is 0.324. The van der Waals surface area contributed by atoms with Crippen molar-refractivity contribution in [2.45, 2.75) is 27.2 Å². The summed E-state index contributed by atoms with van der Waals surface area (Å²) < 4.78 is 15.2. The zero-order chi connectivity index (χ0) is 23.5. The predicted molar refractivity (Wildman–Crippen MR) is 132 cm³/mol. The summed E-state index contributed by atoms with van der Waals surface area (Å²) in [4.78, 5) is 15.7. The maximum atomic E-state index is 12.3. The van der Waals surface area contributed by atoms with Crippen LogP contribution in [0, 0.1) is 0 Å². The number of carbonyl (C=O) groups is 1. The van der Waals surface area contributed by atoms with Gasteiger partial charge in [-0.1, -0.05) is 38.2 Å². The number of rotatable bonds is 5. The molecule has 0 unspecified atom stereocenters. The summed E-state index contributed by atoms with van der Waals surface area (Å²) >= 11 is 1.55. The molecule has 0 radical (unpaired) electrons. The van der Waals surface area contributed by atoms with Gasteiger partial charge in [0.1, 0.15) is 11.5 Å². The quantitative estimate of drug-likeness (QED) is 0.273. The highest BCUT2D eigenvalue weighted by Gasteiger charge is 2.13. The molecule has 3 heterocycles. The Labute approximate surface area is 191 Å². The van der Waals surface area contributed by atoms with E-state index in [1.54, 1.807) is 24.5 Å². The topological polar surface area (TPSA) is 75.6 Å². The highest BCUT2D eigenvalue weighted by atomic mass is 32.1. The molecule has 168 valence electrons. The van der Waals surface area contributed by atoms with Crippen molar-refractivity contribution in [3.8, 4) is 5.13 Å². The predicted octanol–water partition coefficient (Wildman–Crippen LogP) is 6.34. The molecule has 0 saturated carbocycles. The van der Waals surface area contributed by atoms with Crippen molar-refractivity contribution in [3.63, 3.8) is 0 Å². The Bertz CT molecular complexity index is 1220. The molecule has 0 aliphatic rings. The molecule has 3 aromatic heterocycles. The summed E-state index contributed by atoms with van der Waals surface area (Å²) in [5.41, 5.74) is 3.09. The van der Waals surface area contributed by atoms with E-state index in [0.29, 0.717) is 5.69 Å². The van der Waals surface area contributed by atoms with Gasteiger partial charge in [-0.3, -0.25) is 9.89 Å². The molecule has 0 spiro atoms. The van der Waals surface area contributed by atoms with Crippen molar-refractivity contribution < 1.29 is 9.18 Å². The van der Waals surface area contributed by atoms with Crippen LogP contribution < -0.4 is 5.32 Å². The second-order valence-electron chi connectivity index (χ2n) is 6.71. The summed E-state index contributed by atoms with van der Waals surface area (Å²) in [7, 11) is 1.78. The lowest BCUT2D eigenvalue weighted by Crippen LogP contribution is -2.00. The molecular weight excluding hydrogens is 425 g/mol. The number of thiazole rings is 1. The van der Waals surface area contributed by atoms with Crippen LogP contribution in [0.3, 0.4) is 0 Å². The number of H-pyrrole nitrogens is 1. The smallest absolute Gasteiger partial charge is 0.194 e. The number of aldehydes is 1. The number of aromatic nitrogens is 4. The van der Waals surface area contributed by atoms with Gasteiger partial charge in [-0.05, 0) is 49.4 Å². The monoisotopic (exact) mass is 453 g/mol. The molecule has 0 atom stereocenters. The highest BCUT2D eigenvalue weighted by molar-refractivity contribution is 7.21. The average Bonchev–Trinajstić information content (AvgIpc) is 3.56. The van der Waals surface area contributed by atoms with E-state index in [1.807, 2.05) is 48.1 Å². The third-order valence-corrected chi connectivity index (χ3v) is 5.22. The molecule has 0 aliphatic heterocycles. The molecule has 0 aliphatic carbocycles. The Kier molecular flexibility index (Phi) is 9.56. The molecule has 0 amide bonds. The van der Waals surface area contributed by atoms with Gasteiger partial charge in [0, 0.05) is 30.5 Å². The maximum Gasteiger partial charge on any atom is 0.194 e. The number of aromatic amines is 1. The first kappa shape index (κ1) is 24.7. The van der Waals surface area contributed by atoms with E-state index >= 15 is 0 Å². The number of nitrogens with one attached hydrogen (secondary N) is 2. The molecule has 0 fully saturated rings. The van der Waals surface area contributed by atoms with Crippen LogP contribution in [0.5, 0.6) is 0 Å². The van der Waals surface area contributed by atoms with Crippen LogP contribution in [0.25, 0.3) is 26.3 Å². The average molecular weight is 454 g/mol. The van der Waals surface area contributed by atoms with Gasteiger partial charge in [-0.25, -0.2) is 9.37 Å². The summed E-state index contributed by atoms with van der Waals surface area (Å²) in [6.45, 7) is 9.38. The van der Waals surface area contributed by atoms with Crippen LogP contribution in [0.2, 0.25) is 0 Å². The van der Waals surface area contributed by atoms with E-state index in [-0.39, 0.29) is 5.83 Å². The van der Waals surface area contributed by atoms with Crippen molar-refractivity contribution in [1.29, 1.82) is 0 Å². The van der Waals surface area contributed by atoms with Gasteiger partial charge in [0.15, 0.2) is 11.4 Å². The number of fused-ring (bicyclic) bond motifs is 3. The van der Waals surface area contributed by atoms with Crippen LogP contribution in [0.4, 0.5) is 4.39 Å². The Morgan fingerprint density at radius 1 is 1.25 bits per heavy atom. The third kappa shape index (κ3) is 6.24. The van der Waals surface area contributed by atoms with Crippen LogP contribution in [-0.4, -0.2) is 33.1 Å². The van der Waals surface area contributed by atoms with Crippen molar-refractivity contribution in [2.75, 3.05) is 7.05 Å². The SMILES string of the molecule is C=C/C(F)=C\C=C(/C)NC.CCC.O=Cc1[nH]nc2ccc3nc(-n4cccc4)sc3c12. The van der Waals surface area contributed by atoms with E-state index in [9.17, 15) is 9.18 Å². The van der Waals surface area contributed by atoms with Crippen molar-refractivity contribution in [3.05, 3.63) is 78.7 Å². The fourth-order valence-corrected chi connectivity index (χ4v) is 3.60. The van der Waals surface area contributed by atoms with E-state index in [4.69, 9.17) is 0 Å². The van der Waals surface area contributed by atoms with Crippen LogP contribution >= 0.6 is 11.3 Å². The molecule has 6 nitrogen and oxygen atoms in total. The maximum absolute atomic E-state index is 12.3. The first-order valence-corrected chi connectivity index (χ1v) is 11.0. The minimum atomic E-state index is -0.324. The molecular formula is C24H28FN5OS. The Morgan fingerprint density at radius 3 is 2.50 bits per heavy atom. The van der Waals surface area contributed by atoms with E-state index in [1.165, 1.54) is 18.6 Å². The van der Waals surface area contributed by atoms with Gasteiger partial charge in [0.25, 0.3) is 0 Å². The van der Waals surface area contributed by atoms with Gasteiger partial charge in [0.05, 0.1) is 15.7 Å². The number of nitrogens with zero attached hydrogens (tertiary/aromatic N) is 3. The number of hydrogen-bond acceptors (Lipinski definition) is 5. The van der Waals surface area contributed by atoms with E-state index in [2.05, 4.69) is 40.9 Å². The summed E-state index contributed by atoms with van der Waals surface area (Å²) in [5, 5.41) is 11.5. The second-order valence-corrected chi connectivity index (χ2v) is 7.69. The van der Waals surface area contributed by atoms with Gasteiger partial charge in [-0.15, -0.1) is 0 Å². The van der Waals surface area contributed by atoms with Crippen molar-refractivity contribution in [1.82, 2.24) is 25.1 Å². The van der Waals surface area contributed by atoms with Crippen LogP contribution in [-0.2, 0) is 0 Å². The number of carbonyl (C=O) groups excluding carboxylic acids is 1. The Hall–Kier alpha value is -3.52. The molecule has 32 heavy (non-hydrogen) atoms. The molecule has 4 aromatic rings. The van der Waals surface area contributed by atoms with Gasteiger partial charge in [0.2, 0.25) is 0 Å². The summed E-state index contributed by atoms with van der Waals surface area (Å²) in [6.07, 6.45) is 10.1. The number of benzene rings is 1. The van der Waals surface area contributed by atoms with Gasteiger partial charge < -0.3 is 9.88 Å². The van der Waals surface area contributed by atoms with E-state index in [0.717, 1.165) is 38.2 Å². The molecule has 4 rings (SSSR count). The fourth-order valence-electron chi connectivity index (χ4n) is 2.51. The standard InChI is InChI=1S/C13H8N4OS.C8H12FN.C3H8/c18-7-10-11-8(15-16-10)3-4-9-12(11)19-13(14-9)17-5-1-2-6-17;1-4-8(9)6-5-7(2)10-3;1-3-2/h1-7H,(H,15,16);4-6,10H,1H2,2-3H3;3H2,1-2H3/b;7-5+,8-6+;. The molecule has 8 heteroatoms. The molecule has 2 N–H and O–H groups in total. The number of halogens is 1. The zero-order valence-electron chi connectivity index (χ0n) is 18.7. The summed E-state index contributed by atoms with van der Waals surface area (Å²) in [6, 6.07) is 7.71. The lowest BCUT2D eigenvalue weighted by Gasteiger charge is -1.93. The van der Waals surface area contributed by atoms with Crippen LogP contribution in [0.1, 0.15) is 37.7 Å². The lowest BCUT2D eigenvalue weighted by atomic mass is 10.2. The zero-order valence-corrected chi connectivity index (χ0v) is 19.5. The normalized spacial score (nSPS) is 11.4.